The van der Waals surface area contributed by atoms with Gasteiger partial charge < -0.3 is 19.7 Å². The number of hydrogen-bond acceptors (Lipinski definition) is 6. The number of amides is 2. The third-order valence-electron chi connectivity index (χ3n) is 6.26. The number of ether oxygens (including phenoxy) is 2. The Kier molecular flexibility index (Phi) is 8.43. The summed E-state index contributed by atoms with van der Waals surface area (Å²) in [6, 6.07) is 23.9. The summed E-state index contributed by atoms with van der Waals surface area (Å²) in [5, 5.41) is 2.96. The van der Waals surface area contributed by atoms with Crippen LogP contribution in [0.4, 0.5) is 0 Å². The van der Waals surface area contributed by atoms with E-state index in [9.17, 15) is 9.59 Å². The van der Waals surface area contributed by atoms with Crippen molar-refractivity contribution < 1.29 is 23.9 Å². The Balaban J connectivity index is 1.58. The fourth-order valence-electron chi connectivity index (χ4n) is 4.47. The highest BCUT2D eigenvalue weighted by Gasteiger charge is 2.38. The van der Waals surface area contributed by atoms with E-state index in [1.54, 1.807) is 26.5 Å². The Morgan fingerprint density at radius 3 is 2.08 bits per heavy atom. The maximum absolute atomic E-state index is 14.0. The predicted molar refractivity (Wildman–Crippen MR) is 140 cm³/mol. The zero-order valence-corrected chi connectivity index (χ0v) is 21.1. The largest absolute Gasteiger partial charge is 0.493 e. The first kappa shape index (κ1) is 25.8. The zero-order valence-electron chi connectivity index (χ0n) is 21.1. The summed E-state index contributed by atoms with van der Waals surface area (Å²) in [6.07, 6.45) is 1.96. The van der Waals surface area contributed by atoms with Crippen molar-refractivity contribution in [2.75, 3.05) is 21.3 Å². The van der Waals surface area contributed by atoms with Crippen LogP contribution in [0, 0.1) is 0 Å². The Hall–Kier alpha value is -4.30. The second-order valence-corrected chi connectivity index (χ2v) is 8.59. The van der Waals surface area contributed by atoms with Crippen molar-refractivity contribution in [2.24, 2.45) is 0 Å². The van der Waals surface area contributed by atoms with Crippen molar-refractivity contribution in [3.8, 4) is 11.5 Å². The minimum Gasteiger partial charge on any atom is -0.493 e. The van der Waals surface area contributed by atoms with Crippen LogP contribution in [-0.4, -0.2) is 44.1 Å². The predicted octanol–water partition coefficient (Wildman–Crippen LogP) is 3.75. The maximum Gasteiger partial charge on any atom is 0.243 e. The number of hydroxylamine groups is 1. The second-order valence-electron chi connectivity index (χ2n) is 8.59. The molecule has 3 aromatic rings. The molecular weight excluding hydrogens is 470 g/mol. The Labute approximate surface area is 216 Å². The number of hydrogen-bond donors (Lipinski definition) is 2. The van der Waals surface area contributed by atoms with Crippen LogP contribution in [0.2, 0.25) is 0 Å². The first-order chi connectivity index (χ1) is 18.0. The first-order valence-corrected chi connectivity index (χ1v) is 12.0. The zero-order chi connectivity index (χ0) is 26.2. The van der Waals surface area contributed by atoms with E-state index < -0.39 is 12.0 Å². The lowest BCUT2D eigenvalue weighted by atomic mass is 9.89. The van der Waals surface area contributed by atoms with E-state index in [0.717, 1.165) is 16.7 Å². The fourth-order valence-corrected chi connectivity index (χ4v) is 4.47. The van der Waals surface area contributed by atoms with Crippen LogP contribution in [0.5, 0.6) is 11.5 Å². The average molecular weight is 502 g/mol. The molecule has 192 valence electrons. The van der Waals surface area contributed by atoms with E-state index in [0.29, 0.717) is 23.6 Å². The van der Waals surface area contributed by atoms with Crippen LogP contribution in [0.1, 0.15) is 29.0 Å². The molecule has 0 saturated carbocycles. The highest BCUT2D eigenvalue weighted by Crippen LogP contribution is 2.32. The second kappa shape index (κ2) is 12.1. The van der Waals surface area contributed by atoms with Crippen molar-refractivity contribution >= 4 is 11.8 Å². The molecule has 1 heterocycles. The lowest BCUT2D eigenvalue weighted by Crippen LogP contribution is -2.46. The van der Waals surface area contributed by atoms with E-state index in [1.807, 2.05) is 72.8 Å². The van der Waals surface area contributed by atoms with Crippen molar-refractivity contribution in [2.45, 2.75) is 24.9 Å². The Bertz CT molecular complexity index is 1210. The van der Waals surface area contributed by atoms with Gasteiger partial charge in [0.2, 0.25) is 11.8 Å². The smallest absolute Gasteiger partial charge is 0.243 e. The number of benzene rings is 3. The highest BCUT2D eigenvalue weighted by atomic mass is 16.6. The van der Waals surface area contributed by atoms with Crippen LogP contribution in [0.3, 0.4) is 0 Å². The van der Waals surface area contributed by atoms with E-state index in [1.165, 1.54) is 12.0 Å². The van der Waals surface area contributed by atoms with E-state index in [2.05, 4.69) is 10.8 Å². The van der Waals surface area contributed by atoms with Gasteiger partial charge in [-0.15, -0.1) is 0 Å². The summed E-state index contributed by atoms with van der Waals surface area (Å²) < 4.78 is 10.6. The van der Waals surface area contributed by atoms with Crippen molar-refractivity contribution in [3.05, 3.63) is 107 Å². The van der Waals surface area contributed by atoms with Crippen molar-refractivity contribution in [1.82, 2.24) is 15.7 Å². The fraction of sp³-hybridized carbons (Fsp3) is 0.241. The lowest BCUT2D eigenvalue weighted by molar-refractivity contribution is -0.137. The average Bonchev–Trinajstić information content (AvgIpc) is 3.37. The standard InChI is InChI=1S/C29H31N3O5/c1-35-25-15-14-20(16-26(25)36-2)18-30-28(33)24-17-23(31-37-3)19-32(24)29(34)27(21-10-6-4-7-11-21)22-12-8-5-9-13-22/h4-16,19,24,27,31H,17-18H2,1-3H3,(H,30,33)/t24-/m0/s1. The van der Waals surface area contributed by atoms with E-state index in [4.69, 9.17) is 14.3 Å². The Morgan fingerprint density at radius 1 is 0.892 bits per heavy atom. The quantitative estimate of drug-likeness (QED) is 0.412. The summed E-state index contributed by atoms with van der Waals surface area (Å²) in [6.45, 7) is 0.269. The molecule has 0 unspecified atom stereocenters. The number of nitrogens with one attached hydrogen (secondary N) is 2. The van der Waals surface area contributed by atoms with Gasteiger partial charge in [0.1, 0.15) is 6.04 Å². The van der Waals surface area contributed by atoms with Gasteiger partial charge in [-0.05, 0) is 28.8 Å². The third kappa shape index (κ3) is 5.92. The molecular formula is C29H31N3O5. The summed E-state index contributed by atoms with van der Waals surface area (Å²) >= 11 is 0. The molecule has 0 saturated heterocycles. The molecule has 1 atom stereocenters. The van der Waals surface area contributed by atoms with Gasteiger partial charge in [-0.2, -0.15) is 0 Å². The molecule has 0 aliphatic carbocycles. The van der Waals surface area contributed by atoms with E-state index in [-0.39, 0.29) is 18.4 Å². The van der Waals surface area contributed by atoms with Crippen LogP contribution in [-0.2, 0) is 21.0 Å². The molecule has 8 heteroatoms. The maximum atomic E-state index is 14.0. The van der Waals surface area contributed by atoms with Crippen LogP contribution < -0.4 is 20.3 Å². The monoisotopic (exact) mass is 501 g/mol. The van der Waals surface area contributed by atoms with Gasteiger partial charge >= 0.3 is 0 Å². The molecule has 0 radical (unpaired) electrons. The molecule has 3 aromatic carbocycles. The van der Waals surface area contributed by atoms with Gasteiger partial charge in [0.15, 0.2) is 11.5 Å². The van der Waals surface area contributed by atoms with Crippen LogP contribution in [0.25, 0.3) is 0 Å². The number of rotatable bonds is 10. The van der Waals surface area contributed by atoms with E-state index >= 15 is 0 Å². The van der Waals surface area contributed by atoms with Crippen molar-refractivity contribution in [1.29, 1.82) is 0 Å². The number of nitrogens with zero attached hydrogens (tertiary/aromatic N) is 1. The molecule has 1 aliphatic heterocycles. The Morgan fingerprint density at radius 2 is 1.51 bits per heavy atom. The molecule has 0 bridgehead atoms. The summed E-state index contributed by atoms with van der Waals surface area (Å²) in [5.41, 5.74) is 5.98. The van der Waals surface area contributed by atoms with Gasteiger partial charge in [-0.3, -0.25) is 19.9 Å². The molecule has 0 fully saturated rings. The van der Waals surface area contributed by atoms with Crippen LogP contribution >= 0.6 is 0 Å². The normalized spacial score (nSPS) is 14.8. The molecule has 0 spiro atoms. The minimum atomic E-state index is -0.736. The summed E-state index contributed by atoms with van der Waals surface area (Å²) in [4.78, 5) is 34.0. The lowest BCUT2D eigenvalue weighted by Gasteiger charge is -2.28. The molecule has 37 heavy (non-hydrogen) atoms. The molecule has 2 N–H and O–H groups in total. The number of carbonyl (C=O) groups excluding carboxylic acids is 2. The van der Waals surface area contributed by atoms with Gasteiger partial charge in [0.25, 0.3) is 0 Å². The van der Waals surface area contributed by atoms with Gasteiger partial charge in [-0.25, -0.2) is 0 Å². The van der Waals surface area contributed by atoms with Gasteiger partial charge in [0.05, 0.1) is 32.9 Å². The minimum absolute atomic E-state index is 0.198. The summed E-state index contributed by atoms with van der Waals surface area (Å²) in [7, 11) is 4.63. The molecule has 4 rings (SSSR count). The molecule has 1 aliphatic rings. The van der Waals surface area contributed by atoms with Crippen molar-refractivity contribution in [3.63, 3.8) is 0 Å². The number of carbonyl (C=O) groups is 2. The first-order valence-electron chi connectivity index (χ1n) is 12.0. The molecule has 8 nitrogen and oxygen atoms in total. The molecule has 2 amide bonds. The SMILES string of the molecule is CONC1=CN(C(=O)C(c2ccccc2)c2ccccc2)[C@H](C(=O)NCc2ccc(OC)c(OC)c2)C1. The van der Waals surface area contributed by atoms with Gasteiger partial charge in [0, 0.05) is 19.2 Å². The van der Waals surface area contributed by atoms with Gasteiger partial charge in [-0.1, -0.05) is 66.7 Å². The summed E-state index contributed by atoms with van der Waals surface area (Å²) in [5.74, 6) is 0.150. The van der Waals surface area contributed by atoms with Crippen LogP contribution in [0.15, 0.2) is 90.8 Å². The topological polar surface area (TPSA) is 89.1 Å². The molecule has 0 aromatic heterocycles. The highest BCUT2D eigenvalue weighted by molar-refractivity contribution is 5.94. The third-order valence-corrected chi connectivity index (χ3v) is 6.26. The number of methoxy groups -OCH3 is 2.